The number of aliphatic imine (C=N–C) groups is 1. The largest absolute Gasteiger partial charge is 0.379 e. The summed E-state index contributed by atoms with van der Waals surface area (Å²) in [6.45, 7) is 9.51. The van der Waals surface area contributed by atoms with Crippen LogP contribution in [0, 0.1) is 32.6 Å². The lowest BCUT2D eigenvalue weighted by Crippen LogP contribution is -2.45. The molecule has 8 rings (SSSR count). The van der Waals surface area contributed by atoms with E-state index in [2.05, 4.69) is 50.3 Å². The third-order valence-corrected chi connectivity index (χ3v) is 12.8. The van der Waals surface area contributed by atoms with Crippen molar-refractivity contribution in [2.75, 3.05) is 51.5 Å². The number of rotatable bonds is 19. The Balaban J connectivity index is 0.710. The van der Waals surface area contributed by atoms with Crippen LogP contribution in [-0.4, -0.2) is 105 Å². The van der Waals surface area contributed by atoms with E-state index in [1.54, 1.807) is 22.1 Å². The third kappa shape index (κ3) is 10.1. The molecule has 64 heavy (non-hydrogen) atoms. The van der Waals surface area contributed by atoms with Gasteiger partial charge in [-0.25, -0.2) is 4.68 Å². The van der Waals surface area contributed by atoms with Gasteiger partial charge in [0.15, 0.2) is 11.6 Å². The Hall–Kier alpha value is -5.92. The number of nitrogens with zero attached hydrogens (tertiary/aromatic N) is 7. The average molecular weight is 909 g/mol. The number of imide groups is 1. The number of aryl methyl sites for hydroxylation is 2. The molecule has 5 aromatic rings. The van der Waals surface area contributed by atoms with Crippen molar-refractivity contribution >= 4 is 63.9 Å². The maximum atomic E-state index is 13.6. The summed E-state index contributed by atoms with van der Waals surface area (Å²) in [4.78, 5) is 57.3. The van der Waals surface area contributed by atoms with Gasteiger partial charge in [0.25, 0.3) is 0 Å². The lowest BCUT2D eigenvalue weighted by molar-refractivity contribution is -0.137. The highest BCUT2D eigenvalue weighted by molar-refractivity contribution is 7.15. The van der Waals surface area contributed by atoms with E-state index < -0.39 is 23.8 Å². The zero-order chi connectivity index (χ0) is 44.7. The van der Waals surface area contributed by atoms with E-state index in [9.17, 15) is 19.2 Å². The number of amides is 3. The number of carbonyl (C=O) groups excluding carboxylic acids is 4. The number of hydrogen-bond donors (Lipinski definition) is 3. The molecule has 0 bridgehead atoms. The highest BCUT2D eigenvalue weighted by atomic mass is 35.5. The van der Waals surface area contributed by atoms with Crippen LogP contribution in [-0.2, 0) is 41.7 Å². The zero-order valence-electron chi connectivity index (χ0n) is 35.8. The highest BCUT2D eigenvalue weighted by Crippen LogP contribution is 2.40. The normalized spacial score (nSPS) is 17.9. The minimum atomic E-state index is -0.632. The summed E-state index contributed by atoms with van der Waals surface area (Å²) in [5, 5.41) is 27.5. The number of halogens is 1. The van der Waals surface area contributed by atoms with E-state index in [0.29, 0.717) is 93.5 Å². The Morgan fingerprint density at radius 2 is 1.70 bits per heavy atom. The quantitative estimate of drug-likeness (QED) is 0.0728. The minimum Gasteiger partial charge on any atom is -0.379 e. The van der Waals surface area contributed by atoms with Gasteiger partial charge < -0.3 is 24.8 Å². The molecule has 3 amide bonds. The first kappa shape index (κ1) is 44.7. The van der Waals surface area contributed by atoms with Gasteiger partial charge in [-0.15, -0.1) is 26.6 Å². The first-order valence-electron chi connectivity index (χ1n) is 21.2. The van der Waals surface area contributed by atoms with Crippen LogP contribution in [0.25, 0.3) is 11.1 Å². The summed E-state index contributed by atoms with van der Waals surface area (Å²) in [5.74, 6) is -0.894. The average Bonchev–Trinajstić information content (AvgIpc) is 3.96. The van der Waals surface area contributed by atoms with E-state index >= 15 is 0 Å². The van der Waals surface area contributed by atoms with Crippen LogP contribution >= 0.6 is 22.9 Å². The molecule has 19 heteroatoms. The molecular formula is C45H49ClN10O7S. The molecule has 3 N–H and O–H groups in total. The Labute approximate surface area is 378 Å². The molecule has 1 aliphatic carbocycles. The van der Waals surface area contributed by atoms with Crippen LogP contribution in [0.3, 0.4) is 0 Å². The number of carbonyl (C=O) groups is 4. The van der Waals surface area contributed by atoms with Gasteiger partial charge in [0.1, 0.15) is 22.6 Å². The molecule has 0 saturated carbocycles. The van der Waals surface area contributed by atoms with Crippen LogP contribution in [0.5, 0.6) is 0 Å². The maximum Gasteiger partial charge on any atom is 0.230 e. The number of ether oxygens (including phenoxy) is 3. The van der Waals surface area contributed by atoms with Crippen molar-refractivity contribution in [1.29, 1.82) is 0 Å². The Kier molecular flexibility index (Phi) is 14.2. The monoisotopic (exact) mass is 908 g/mol. The molecule has 2 unspecified atom stereocenters. The van der Waals surface area contributed by atoms with Gasteiger partial charge in [-0.3, -0.25) is 34.1 Å². The number of anilines is 1. The summed E-state index contributed by atoms with van der Waals surface area (Å²) < 4.78 is 20.8. The van der Waals surface area contributed by atoms with Crippen molar-refractivity contribution in [3.8, 4) is 5.00 Å². The Morgan fingerprint density at radius 3 is 2.48 bits per heavy atom. The predicted octanol–water partition coefficient (Wildman–Crippen LogP) is 5.14. The second kappa shape index (κ2) is 20.3. The summed E-state index contributed by atoms with van der Waals surface area (Å²) >= 11 is 7.89. The molecule has 1 saturated heterocycles. The molecule has 0 radical (unpaired) electrons. The van der Waals surface area contributed by atoms with E-state index in [0.717, 1.165) is 38.8 Å². The molecule has 334 valence electrons. The highest BCUT2D eigenvalue weighted by Gasteiger charge is 2.39. The van der Waals surface area contributed by atoms with Gasteiger partial charge >= 0.3 is 0 Å². The van der Waals surface area contributed by atoms with Crippen molar-refractivity contribution in [2.45, 2.75) is 59.2 Å². The second-order valence-electron chi connectivity index (χ2n) is 15.7. The molecule has 2 aliphatic heterocycles. The molecular weight excluding hydrogens is 860 g/mol. The summed E-state index contributed by atoms with van der Waals surface area (Å²) in [5.41, 5.74) is 6.46. The van der Waals surface area contributed by atoms with Gasteiger partial charge in [-0.05, 0) is 56.5 Å². The fraction of sp³-hybridized carbons (Fsp3) is 0.400. The number of nitrogens with one attached hydrogen (secondary N) is 3. The number of allylic oxidation sites excluding steroid dienone is 1. The van der Waals surface area contributed by atoms with Crippen LogP contribution < -0.4 is 16.0 Å². The minimum absolute atomic E-state index is 0.0923. The number of Topliss-reactive ketones (excluding diaryl/α,β-unsaturated/α-hetero) is 1. The molecule has 3 atom stereocenters. The van der Waals surface area contributed by atoms with Crippen molar-refractivity contribution in [3.63, 3.8) is 0 Å². The molecule has 3 aromatic heterocycles. The van der Waals surface area contributed by atoms with Crippen molar-refractivity contribution in [1.82, 2.24) is 40.4 Å². The van der Waals surface area contributed by atoms with Crippen LogP contribution in [0.4, 0.5) is 5.69 Å². The number of benzene rings is 2. The van der Waals surface area contributed by atoms with Crippen molar-refractivity contribution in [3.05, 3.63) is 110 Å². The molecule has 1 fully saturated rings. The molecule has 3 aliphatic rings. The summed E-state index contributed by atoms with van der Waals surface area (Å²) in [6.07, 6.45) is 6.09. The summed E-state index contributed by atoms with van der Waals surface area (Å²) in [6, 6.07) is 12.6. The molecule has 17 nitrogen and oxygen atoms in total. The molecule has 0 spiro atoms. The fourth-order valence-corrected chi connectivity index (χ4v) is 9.36. The van der Waals surface area contributed by atoms with E-state index in [1.165, 1.54) is 4.88 Å². The molecule has 2 aromatic carbocycles. The number of ketones is 1. The van der Waals surface area contributed by atoms with Crippen molar-refractivity contribution < 1.29 is 33.4 Å². The number of fused-ring (bicyclic) bond motifs is 4. The number of piperidine rings is 1. The molecule has 5 heterocycles. The van der Waals surface area contributed by atoms with Gasteiger partial charge in [-0.2, -0.15) is 0 Å². The predicted molar refractivity (Wildman–Crippen MR) is 240 cm³/mol. The van der Waals surface area contributed by atoms with Gasteiger partial charge in [0.2, 0.25) is 17.7 Å². The second-order valence-corrected chi connectivity index (χ2v) is 17.3. The van der Waals surface area contributed by atoms with E-state index in [1.807, 2.05) is 66.2 Å². The van der Waals surface area contributed by atoms with Crippen molar-refractivity contribution in [2.24, 2.45) is 16.8 Å². The van der Waals surface area contributed by atoms with Gasteiger partial charge in [-0.1, -0.05) is 53.2 Å². The lowest BCUT2D eigenvalue weighted by Gasteiger charge is -2.29. The third-order valence-electron chi connectivity index (χ3n) is 11.4. The topological polar surface area (TPSA) is 206 Å². The number of aromatic nitrogens is 6. The van der Waals surface area contributed by atoms with Crippen LogP contribution in [0.1, 0.15) is 80.1 Å². The lowest BCUT2D eigenvalue weighted by atomic mass is 9.76. The summed E-state index contributed by atoms with van der Waals surface area (Å²) in [7, 11) is 0. The van der Waals surface area contributed by atoms with Gasteiger partial charge in [0, 0.05) is 45.2 Å². The first-order valence-corrected chi connectivity index (χ1v) is 22.4. The zero-order valence-corrected chi connectivity index (χ0v) is 37.3. The van der Waals surface area contributed by atoms with Crippen LogP contribution in [0.15, 0.2) is 59.7 Å². The fourth-order valence-electron chi connectivity index (χ4n) is 8.02. The van der Waals surface area contributed by atoms with Gasteiger partial charge in [0.05, 0.1) is 82.9 Å². The first-order chi connectivity index (χ1) is 31.0. The smallest absolute Gasteiger partial charge is 0.230 e. The SMILES string of the molecule is Cc1sc2c(c1C)C(c1ccc(Cl)cc1)=N[C@@H](CC(=O)NCCOCCOCCOCCn1cc(CNc3cccc4c3C(=O)C(C3CCC(=O)NC3=O)C=C4)nn1)c1nnc(C)n1-2. The van der Waals surface area contributed by atoms with E-state index in [4.69, 9.17) is 30.8 Å². The standard InChI is InChI=1S/C45H49ClN10O7S/c1-26-27(2)64-45-39(26)41(30-7-10-31(46)11-8-30)49-36(43-53-51-28(3)56(43)45)23-38(58)47-15-17-61-19-21-63-22-20-62-18-16-55-25-32(52-54-55)24-48-35-6-4-5-29-9-12-33(42(59)40(29)35)34-13-14-37(57)50-44(34)60/h4-12,25,33-34,36,48H,13-24H2,1-3H3,(H,47,58)(H,50,57,60)/t33?,34?,36-/m0/s1. The number of hydrogen-bond acceptors (Lipinski definition) is 14. The number of thiophene rings is 1. The Bertz CT molecular complexity index is 2600. The van der Waals surface area contributed by atoms with Crippen LogP contribution in [0.2, 0.25) is 5.02 Å². The Morgan fingerprint density at radius 1 is 0.938 bits per heavy atom. The van der Waals surface area contributed by atoms with E-state index in [-0.39, 0.29) is 30.4 Å². The maximum absolute atomic E-state index is 13.6.